The van der Waals surface area contributed by atoms with Crippen molar-refractivity contribution in [3.05, 3.63) is 65.5 Å². The predicted octanol–water partition coefficient (Wildman–Crippen LogP) is 4.08. The number of hydrogen-bond donors (Lipinski definition) is 1. The van der Waals surface area contributed by atoms with Crippen molar-refractivity contribution in [2.45, 2.75) is 20.4 Å². The van der Waals surface area contributed by atoms with Gasteiger partial charge in [0.05, 0.1) is 0 Å². The molecule has 0 saturated heterocycles. The van der Waals surface area contributed by atoms with E-state index in [1.807, 2.05) is 6.92 Å². The molecule has 4 rings (SSSR count). The van der Waals surface area contributed by atoms with E-state index in [0.29, 0.717) is 0 Å². The van der Waals surface area contributed by atoms with Gasteiger partial charge in [-0.25, -0.2) is 0 Å². The highest BCUT2D eigenvalue weighted by Gasteiger charge is 2.10. The molecule has 2 heterocycles. The maximum atomic E-state index is 4.56. The Bertz CT molecular complexity index is 967. The third-order valence-corrected chi connectivity index (χ3v) is 4.84. The number of benzene rings is 2. The van der Waals surface area contributed by atoms with E-state index in [4.69, 9.17) is 0 Å². The van der Waals surface area contributed by atoms with Crippen LogP contribution in [-0.2, 0) is 6.54 Å². The number of aromatic nitrogens is 4. The summed E-state index contributed by atoms with van der Waals surface area (Å²) in [6, 6.07) is 16.9. The minimum Gasteiger partial charge on any atom is -0.381 e. The van der Waals surface area contributed by atoms with Crippen molar-refractivity contribution >= 4 is 22.0 Å². The predicted molar refractivity (Wildman–Crippen MR) is 97.3 cm³/mol. The number of rotatable bonds is 4. The molecule has 0 aliphatic carbocycles. The first-order chi connectivity index (χ1) is 11.7. The van der Waals surface area contributed by atoms with Crippen LogP contribution < -0.4 is 5.32 Å². The zero-order valence-electron chi connectivity index (χ0n) is 13.5. The van der Waals surface area contributed by atoms with Gasteiger partial charge >= 0.3 is 0 Å². The Balaban J connectivity index is 1.48. The summed E-state index contributed by atoms with van der Waals surface area (Å²) in [6.07, 6.45) is 0. The van der Waals surface area contributed by atoms with Crippen LogP contribution in [0.25, 0.3) is 15.5 Å². The first-order valence-corrected chi connectivity index (χ1v) is 8.59. The molecule has 0 fully saturated rings. The zero-order chi connectivity index (χ0) is 16.5. The third-order valence-electron chi connectivity index (χ3n) is 3.90. The molecule has 5 nitrogen and oxygen atoms in total. The van der Waals surface area contributed by atoms with Crippen molar-refractivity contribution in [1.29, 1.82) is 0 Å². The molecule has 24 heavy (non-hydrogen) atoms. The second-order valence-corrected chi connectivity index (χ2v) is 6.72. The molecule has 6 heteroatoms. The van der Waals surface area contributed by atoms with E-state index in [0.717, 1.165) is 33.6 Å². The summed E-state index contributed by atoms with van der Waals surface area (Å²) in [5.41, 5.74) is 4.74. The highest BCUT2D eigenvalue weighted by molar-refractivity contribution is 7.19. The SMILES string of the molecule is Cc1ccc(CNc2ccc(-c3nn4c(C)nnc4s3)cc2)cc1. The largest absolute Gasteiger partial charge is 0.381 e. The molecular formula is C18H17N5S. The highest BCUT2D eigenvalue weighted by atomic mass is 32.1. The van der Waals surface area contributed by atoms with Crippen LogP contribution in [0.5, 0.6) is 0 Å². The number of fused-ring (bicyclic) bond motifs is 1. The molecule has 1 N–H and O–H groups in total. The van der Waals surface area contributed by atoms with Gasteiger partial charge in [0.2, 0.25) is 4.96 Å². The first kappa shape index (κ1) is 14.8. The van der Waals surface area contributed by atoms with E-state index in [1.165, 1.54) is 11.1 Å². The molecular weight excluding hydrogens is 318 g/mol. The lowest BCUT2D eigenvalue weighted by Crippen LogP contribution is -1.99. The summed E-state index contributed by atoms with van der Waals surface area (Å²) in [6.45, 7) is 4.82. The minimum atomic E-state index is 0.809. The molecule has 2 aromatic heterocycles. The number of nitrogens with one attached hydrogen (secondary N) is 1. The topological polar surface area (TPSA) is 55.1 Å². The molecule has 120 valence electrons. The van der Waals surface area contributed by atoms with E-state index in [1.54, 1.807) is 15.9 Å². The van der Waals surface area contributed by atoms with Crippen LogP contribution in [0, 0.1) is 13.8 Å². The van der Waals surface area contributed by atoms with Crippen LogP contribution in [-0.4, -0.2) is 19.8 Å². The van der Waals surface area contributed by atoms with Crippen molar-refractivity contribution in [2.75, 3.05) is 5.32 Å². The van der Waals surface area contributed by atoms with Crippen LogP contribution in [0.15, 0.2) is 48.5 Å². The van der Waals surface area contributed by atoms with Gasteiger partial charge in [-0.1, -0.05) is 41.2 Å². The number of aryl methyl sites for hydroxylation is 2. The van der Waals surface area contributed by atoms with E-state index in [-0.39, 0.29) is 0 Å². The van der Waals surface area contributed by atoms with Gasteiger partial charge in [0, 0.05) is 17.8 Å². The smallest absolute Gasteiger partial charge is 0.234 e. The van der Waals surface area contributed by atoms with Gasteiger partial charge in [0.1, 0.15) is 5.01 Å². The maximum absolute atomic E-state index is 4.56. The van der Waals surface area contributed by atoms with E-state index in [2.05, 4.69) is 76.1 Å². The van der Waals surface area contributed by atoms with Crippen molar-refractivity contribution in [2.24, 2.45) is 0 Å². The molecule has 0 radical (unpaired) electrons. The lowest BCUT2D eigenvalue weighted by atomic mass is 10.1. The zero-order valence-corrected chi connectivity index (χ0v) is 14.3. The van der Waals surface area contributed by atoms with Crippen molar-refractivity contribution in [3.8, 4) is 10.6 Å². The van der Waals surface area contributed by atoms with Crippen molar-refractivity contribution in [3.63, 3.8) is 0 Å². The molecule has 4 aromatic rings. The Morgan fingerprint density at radius 3 is 2.42 bits per heavy atom. The van der Waals surface area contributed by atoms with Gasteiger partial charge < -0.3 is 5.32 Å². The summed E-state index contributed by atoms with van der Waals surface area (Å²) in [5.74, 6) is 0.809. The average Bonchev–Trinajstić information content (AvgIpc) is 3.17. The fourth-order valence-electron chi connectivity index (χ4n) is 2.47. The molecule has 0 spiro atoms. The monoisotopic (exact) mass is 335 g/mol. The minimum absolute atomic E-state index is 0.809. The Labute approximate surface area is 144 Å². The van der Waals surface area contributed by atoms with E-state index >= 15 is 0 Å². The van der Waals surface area contributed by atoms with Gasteiger partial charge in [-0.2, -0.15) is 9.61 Å². The fourth-order valence-corrected chi connectivity index (χ4v) is 3.36. The molecule has 0 unspecified atom stereocenters. The molecule has 0 atom stereocenters. The van der Waals surface area contributed by atoms with E-state index < -0.39 is 0 Å². The quantitative estimate of drug-likeness (QED) is 0.610. The molecule has 0 aliphatic rings. The van der Waals surface area contributed by atoms with Gasteiger partial charge in [-0.15, -0.1) is 10.2 Å². The molecule has 0 saturated carbocycles. The lowest BCUT2D eigenvalue weighted by molar-refractivity contribution is 0.898. The Morgan fingerprint density at radius 2 is 1.71 bits per heavy atom. The van der Waals surface area contributed by atoms with Crippen LogP contribution in [0.1, 0.15) is 17.0 Å². The Hall–Kier alpha value is -2.73. The van der Waals surface area contributed by atoms with Crippen molar-refractivity contribution in [1.82, 2.24) is 19.8 Å². The summed E-state index contributed by atoms with van der Waals surface area (Å²) < 4.78 is 1.78. The van der Waals surface area contributed by atoms with Crippen LogP contribution in [0.2, 0.25) is 0 Å². The van der Waals surface area contributed by atoms with Gasteiger partial charge in [0.15, 0.2) is 5.82 Å². The van der Waals surface area contributed by atoms with Gasteiger partial charge in [0.25, 0.3) is 0 Å². The summed E-state index contributed by atoms with van der Waals surface area (Å²) in [5, 5.41) is 17.1. The molecule has 0 amide bonds. The second kappa shape index (κ2) is 6.05. The Kier molecular flexibility index (Phi) is 3.74. The number of anilines is 1. The summed E-state index contributed by atoms with van der Waals surface area (Å²) >= 11 is 1.55. The number of hydrogen-bond acceptors (Lipinski definition) is 5. The molecule has 2 aromatic carbocycles. The van der Waals surface area contributed by atoms with Crippen LogP contribution >= 0.6 is 11.3 Å². The molecule has 0 bridgehead atoms. The normalized spacial score (nSPS) is 11.1. The van der Waals surface area contributed by atoms with Crippen LogP contribution in [0.4, 0.5) is 5.69 Å². The van der Waals surface area contributed by atoms with Crippen LogP contribution in [0.3, 0.4) is 0 Å². The third kappa shape index (κ3) is 2.88. The highest BCUT2D eigenvalue weighted by Crippen LogP contribution is 2.26. The maximum Gasteiger partial charge on any atom is 0.234 e. The molecule has 0 aliphatic heterocycles. The standard InChI is InChI=1S/C18H17N5S/c1-12-3-5-14(6-4-12)11-19-16-9-7-15(8-10-16)17-22-23-13(2)20-21-18(23)24-17/h3-10,19H,11H2,1-2H3. The van der Waals surface area contributed by atoms with Gasteiger partial charge in [-0.05, 0) is 43.7 Å². The number of nitrogens with zero attached hydrogens (tertiary/aromatic N) is 4. The van der Waals surface area contributed by atoms with E-state index in [9.17, 15) is 0 Å². The first-order valence-electron chi connectivity index (χ1n) is 7.78. The summed E-state index contributed by atoms with van der Waals surface area (Å²) in [4.78, 5) is 0.823. The van der Waals surface area contributed by atoms with Gasteiger partial charge in [-0.3, -0.25) is 0 Å². The Morgan fingerprint density at radius 1 is 0.958 bits per heavy atom. The average molecular weight is 335 g/mol. The van der Waals surface area contributed by atoms with Crippen molar-refractivity contribution < 1.29 is 0 Å². The summed E-state index contributed by atoms with van der Waals surface area (Å²) in [7, 11) is 0. The second-order valence-electron chi connectivity index (χ2n) is 5.77. The fraction of sp³-hybridized carbons (Fsp3) is 0.167. The lowest BCUT2D eigenvalue weighted by Gasteiger charge is -2.07.